The van der Waals surface area contributed by atoms with E-state index in [2.05, 4.69) is 5.32 Å². The highest BCUT2D eigenvalue weighted by atomic mass is 16.5. The average Bonchev–Trinajstić information content (AvgIpc) is 2.91. The number of methoxy groups -OCH3 is 2. The lowest BCUT2D eigenvalue weighted by molar-refractivity contribution is 0.0998. The summed E-state index contributed by atoms with van der Waals surface area (Å²) in [5.41, 5.74) is 2.07. The van der Waals surface area contributed by atoms with Crippen LogP contribution in [0.3, 0.4) is 0 Å². The molecule has 2 aromatic carbocycles. The lowest BCUT2D eigenvalue weighted by Crippen LogP contribution is -2.12. The van der Waals surface area contributed by atoms with Crippen LogP contribution in [-0.2, 0) is 0 Å². The molecular weight excluding hydrogens is 294 g/mol. The molecule has 5 heteroatoms. The van der Waals surface area contributed by atoms with Gasteiger partial charge in [-0.15, -0.1) is 0 Å². The standard InChI is InChI=1S/C18H17NO4/c1-11-15-10-14(22-3)7-8-16(15)23-17(11)18(20)19-12-5-4-6-13(9-12)21-2/h4-10H,1-3H3,(H,19,20). The number of aryl methyl sites for hydroxylation is 1. The normalized spacial score (nSPS) is 10.6. The van der Waals surface area contributed by atoms with Crippen LogP contribution in [0.5, 0.6) is 11.5 Å². The van der Waals surface area contributed by atoms with E-state index < -0.39 is 0 Å². The van der Waals surface area contributed by atoms with Crippen molar-refractivity contribution in [1.82, 2.24) is 0 Å². The quantitative estimate of drug-likeness (QED) is 0.791. The molecule has 5 nitrogen and oxygen atoms in total. The van der Waals surface area contributed by atoms with Crippen molar-refractivity contribution in [2.45, 2.75) is 6.92 Å². The maximum Gasteiger partial charge on any atom is 0.291 e. The fourth-order valence-corrected chi connectivity index (χ4v) is 2.43. The van der Waals surface area contributed by atoms with Crippen LogP contribution >= 0.6 is 0 Å². The van der Waals surface area contributed by atoms with Gasteiger partial charge in [0, 0.05) is 22.7 Å². The Morgan fingerprint density at radius 1 is 1.04 bits per heavy atom. The maximum absolute atomic E-state index is 12.5. The molecule has 1 amide bonds. The summed E-state index contributed by atoms with van der Waals surface area (Å²) in [6.07, 6.45) is 0. The van der Waals surface area contributed by atoms with E-state index in [4.69, 9.17) is 13.9 Å². The third-order valence-corrected chi connectivity index (χ3v) is 3.68. The first-order chi connectivity index (χ1) is 11.1. The van der Waals surface area contributed by atoms with Crippen molar-refractivity contribution in [1.29, 1.82) is 0 Å². The van der Waals surface area contributed by atoms with Crippen LogP contribution < -0.4 is 14.8 Å². The third-order valence-electron chi connectivity index (χ3n) is 3.68. The Balaban J connectivity index is 1.92. The average molecular weight is 311 g/mol. The first-order valence-corrected chi connectivity index (χ1v) is 7.15. The molecule has 1 N–H and O–H groups in total. The number of benzene rings is 2. The summed E-state index contributed by atoms with van der Waals surface area (Å²) in [6.45, 7) is 1.85. The summed E-state index contributed by atoms with van der Waals surface area (Å²) in [5.74, 6) is 1.39. The van der Waals surface area contributed by atoms with Crippen molar-refractivity contribution in [3.63, 3.8) is 0 Å². The minimum Gasteiger partial charge on any atom is -0.497 e. The number of hydrogen-bond acceptors (Lipinski definition) is 4. The van der Waals surface area contributed by atoms with Gasteiger partial charge in [0.05, 0.1) is 14.2 Å². The Kier molecular flexibility index (Phi) is 3.93. The van der Waals surface area contributed by atoms with Gasteiger partial charge in [-0.3, -0.25) is 4.79 Å². The summed E-state index contributed by atoms with van der Waals surface area (Å²) in [4.78, 5) is 12.5. The number of carbonyl (C=O) groups excluding carboxylic acids is 1. The van der Waals surface area contributed by atoms with Crippen LogP contribution in [-0.4, -0.2) is 20.1 Å². The van der Waals surface area contributed by atoms with Crippen molar-refractivity contribution in [2.24, 2.45) is 0 Å². The highest BCUT2D eigenvalue weighted by Gasteiger charge is 2.18. The zero-order valence-corrected chi connectivity index (χ0v) is 13.2. The minimum atomic E-state index is -0.300. The van der Waals surface area contributed by atoms with Crippen molar-refractivity contribution in [3.8, 4) is 11.5 Å². The SMILES string of the molecule is COc1cccc(NC(=O)c2oc3ccc(OC)cc3c2C)c1. The van der Waals surface area contributed by atoms with Crippen LogP contribution in [0.1, 0.15) is 16.1 Å². The molecule has 1 heterocycles. The van der Waals surface area contributed by atoms with E-state index >= 15 is 0 Å². The first kappa shape index (κ1) is 15.0. The lowest BCUT2D eigenvalue weighted by atomic mass is 10.1. The number of furan rings is 1. The molecule has 0 unspecified atom stereocenters. The van der Waals surface area contributed by atoms with Crippen molar-refractivity contribution in [3.05, 3.63) is 53.8 Å². The Morgan fingerprint density at radius 2 is 1.78 bits per heavy atom. The van der Waals surface area contributed by atoms with Crippen LogP contribution in [0.4, 0.5) is 5.69 Å². The second-order valence-corrected chi connectivity index (χ2v) is 5.10. The summed E-state index contributed by atoms with van der Waals surface area (Å²) < 4.78 is 16.1. The van der Waals surface area contributed by atoms with Crippen LogP contribution in [0.2, 0.25) is 0 Å². The van der Waals surface area contributed by atoms with E-state index in [-0.39, 0.29) is 11.7 Å². The second kappa shape index (κ2) is 6.04. The van der Waals surface area contributed by atoms with E-state index in [1.807, 2.05) is 25.1 Å². The number of amides is 1. The fraction of sp³-hybridized carbons (Fsp3) is 0.167. The molecule has 0 spiro atoms. The van der Waals surface area contributed by atoms with E-state index in [0.29, 0.717) is 17.0 Å². The first-order valence-electron chi connectivity index (χ1n) is 7.15. The largest absolute Gasteiger partial charge is 0.497 e. The van der Waals surface area contributed by atoms with Gasteiger partial charge < -0.3 is 19.2 Å². The Morgan fingerprint density at radius 3 is 2.52 bits per heavy atom. The molecule has 3 rings (SSSR count). The van der Waals surface area contributed by atoms with Gasteiger partial charge in [0.15, 0.2) is 5.76 Å². The highest BCUT2D eigenvalue weighted by Crippen LogP contribution is 2.29. The fourth-order valence-electron chi connectivity index (χ4n) is 2.43. The van der Waals surface area contributed by atoms with Gasteiger partial charge in [0.1, 0.15) is 17.1 Å². The number of rotatable bonds is 4. The Bertz CT molecular complexity index is 867. The molecule has 0 fully saturated rings. The molecule has 3 aromatic rings. The predicted molar refractivity (Wildman–Crippen MR) is 88.5 cm³/mol. The molecule has 0 saturated carbocycles. The lowest BCUT2D eigenvalue weighted by Gasteiger charge is -2.05. The summed E-state index contributed by atoms with van der Waals surface area (Å²) in [6, 6.07) is 12.6. The van der Waals surface area contributed by atoms with Crippen LogP contribution in [0.25, 0.3) is 11.0 Å². The molecule has 23 heavy (non-hydrogen) atoms. The second-order valence-electron chi connectivity index (χ2n) is 5.10. The summed E-state index contributed by atoms with van der Waals surface area (Å²) >= 11 is 0. The zero-order valence-electron chi connectivity index (χ0n) is 13.2. The minimum absolute atomic E-state index is 0.288. The number of carbonyl (C=O) groups is 1. The molecule has 0 aliphatic rings. The van der Waals surface area contributed by atoms with Gasteiger partial charge in [0.25, 0.3) is 5.91 Å². The van der Waals surface area contributed by atoms with E-state index in [1.54, 1.807) is 38.5 Å². The number of ether oxygens (including phenoxy) is 2. The van der Waals surface area contributed by atoms with Crippen molar-refractivity contribution in [2.75, 3.05) is 19.5 Å². The molecular formula is C18H17NO4. The van der Waals surface area contributed by atoms with Gasteiger partial charge in [-0.05, 0) is 37.3 Å². The maximum atomic E-state index is 12.5. The highest BCUT2D eigenvalue weighted by molar-refractivity contribution is 6.06. The molecule has 0 aliphatic heterocycles. The molecule has 0 bridgehead atoms. The van der Waals surface area contributed by atoms with Crippen LogP contribution in [0.15, 0.2) is 46.9 Å². The topological polar surface area (TPSA) is 60.7 Å². The van der Waals surface area contributed by atoms with E-state index in [9.17, 15) is 4.79 Å². The van der Waals surface area contributed by atoms with Gasteiger partial charge >= 0.3 is 0 Å². The van der Waals surface area contributed by atoms with E-state index in [0.717, 1.165) is 16.7 Å². The van der Waals surface area contributed by atoms with Gasteiger partial charge in [-0.1, -0.05) is 6.07 Å². The third kappa shape index (κ3) is 2.85. The monoisotopic (exact) mass is 311 g/mol. The number of anilines is 1. The van der Waals surface area contributed by atoms with Crippen molar-refractivity contribution < 1.29 is 18.7 Å². The van der Waals surface area contributed by atoms with Crippen molar-refractivity contribution >= 4 is 22.6 Å². The number of hydrogen-bond donors (Lipinski definition) is 1. The Hall–Kier alpha value is -2.95. The van der Waals surface area contributed by atoms with Crippen LogP contribution in [0, 0.1) is 6.92 Å². The molecule has 1 aromatic heterocycles. The predicted octanol–water partition coefficient (Wildman–Crippen LogP) is 4.01. The summed E-state index contributed by atoms with van der Waals surface area (Å²) in [5, 5.41) is 3.68. The molecule has 0 saturated heterocycles. The van der Waals surface area contributed by atoms with Gasteiger partial charge in [0.2, 0.25) is 0 Å². The Labute approximate surface area is 133 Å². The van der Waals surface area contributed by atoms with Gasteiger partial charge in [-0.2, -0.15) is 0 Å². The molecule has 0 radical (unpaired) electrons. The molecule has 0 aliphatic carbocycles. The smallest absolute Gasteiger partial charge is 0.291 e. The zero-order chi connectivity index (χ0) is 16.4. The van der Waals surface area contributed by atoms with E-state index in [1.165, 1.54) is 0 Å². The van der Waals surface area contributed by atoms with Gasteiger partial charge in [-0.25, -0.2) is 0 Å². The molecule has 0 atom stereocenters. The number of fused-ring (bicyclic) bond motifs is 1. The molecule has 118 valence electrons. The number of nitrogens with one attached hydrogen (secondary N) is 1. The summed E-state index contributed by atoms with van der Waals surface area (Å²) in [7, 11) is 3.19.